The molecule has 1 fully saturated rings. The predicted octanol–water partition coefficient (Wildman–Crippen LogP) is 2.48. The number of H-pyrrole nitrogens is 1. The molecule has 3 atom stereocenters. The van der Waals surface area contributed by atoms with Crippen LogP contribution in [-0.4, -0.2) is 65.1 Å². The predicted molar refractivity (Wildman–Crippen MR) is 133 cm³/mol. The summed E-state index contributed by atoms with van der Waals surface area (Å²) in [5.74, 6) is 0. The highest BCUT2D eigenvalue weighted by atomic mass is 35.5. The van der Waals surface area contributed by atoms with E-state index in [-0.39, 0.29) is 24.1 Å². The zero-order chi connectivity index (χ0) is 25.4. The second kappa shape index (κ2) is 9.77. The third-order valence-corrected chi connectivity index (χ3v) is 7.18. The third-order valence-electron chi connectivity index (χ3n) is 5.97. The molecule has 2 aromatic heterocycles. The molecule has 1 saturated heterocycles. The van der Waals surface area contributed by atoms with Crippen LogP contribution in [0.5, 0.6) is 6.01 Å². The third kappa shape index (κ3) is 5.07. The first-order valence-electron chi connectivity index (χ1n) is 11.1. The number of halogens is 1. The van der Waals surface area contributed by atoms with E-state index in [0.29, 0.717) is 28.3 Å². The number of sulfonamides is 1. The number of fused-ring (bicyclic) bond motifs is 1. The Hall–Kier alpha value is -3.06. The number of nitrogens with zero attached hydrogens (tertiary/aromatic N) is 2. The summed E-state index contributed by atoms with van der Waals surface area (Å²) >= 11 is 6.51. The van der Waals surface area contributed by atoms with Gasteiger partial charge in [0.1, 0.15) is 12.2 Å². The molecule has 0 unspecified atom stereocenters. The Bertz CT molecular complexity index is 1490. The molecule has 0 aliphatic carbocycles. The number of nitrogens with two attached hydrogens (primary N) is 1. The fourth-order valence-corrected chi connectivity index (χ4v) is 4.83. The van der Waals surface area contributed by atoms with E-state index in [1.165, 1.54) is 12.1 Å². The molecule has 5 N–H and O–H groups in total. The summed E-state index contributed by atoms with van der Waals surface area (Å²) in [4.78, 5) is 12.1. The lowest BCUT2D eigenvalue weighted by Gasteiger charge is -2.31. The average Bonchev–Trinajstić information content (AvgIpc) is 3.24. The Labute approximate surface area is 211 Å². The molecule has 0 spiro atoms. The van der Waals surface area contributed by atoms with Crippen molar-refractivity contribution in [1.82, 2.24) is 15.0 Å². The molecule has 3 heterocycles. The van der Waals surface area contributed by atoms with Crippen molar-refractivity contribution in [3.63, 3.8) is 0 Å². The minimum Gasteiger partial charge on any atom is -0.459 e. The number of pyridine rings is 1. The van der Waals surface area contributed by atoms with E-state index in [0.717, 1.165) is 16.7 Å². The largest absolute Gasteiger partial charge is 0.459 e. The van der Waals surface area contributed by atoms with Gasteiger partial charge in [0.2, 0.25) is 10.0 Å². The van der Waals surface area contributed by atoms with Crippen LogP contribution in [0.4, 0.5) is 0 Å². The normalized spacial score (nSPS) is 20.5. The van der Waals surface area contributed by atoms with Crippen molar-refractivity contribution in [2.75, 3.05) is 13.2 Å². The number of primary sulfonamides is 1. The monoisotopic (exact) mass is 530 g/mol. The van der Waals surface area contributed by atoms with Crippen molar-refractivity contribution in [2.24, 2.45) is 5.14 Å². The van der Waals surface area contributed by atoms with E-state index >= 15 is 0 Å². The number of hydrogen-bond acceptors (Lipinski definition) is 8. The summed E-state index contributed by atoms with van der Waals surface area (Å²) in [5.41, 5.74) is 4.04. The maximum atomic E-state index is 11.5. The van der Waals surface area contributed by atoms with Gasteiger partial charge in [-0.1, -0.05) is 48.0 Å². The molecule has 10 nitrogen and oxygen atoms in total. The van der Waals surface area contributed by atoms with Crippen LogP contribution in [0.15, 0.2) is 59.5 Å². The standard InChI is InChI=1S/C24H23ClN4O6S/c25-18-10-19-23(29-24(27-19)35-16-9-20(31)21(11-30)34-12-16)28-22(18)15-3-1-13(2-4-15)14-5-7-17(8-6-14)36(26,32)33/h1-8,10,16,20-21,30-31H,9,11-12H2,(H2,26,32,33)(H,27,28,29)/t16-,20+,21-/m1/s1. The Morgan fingerprint density at radius 1 is 1.08 bits per heavy atom. The second-order valence-electron chi connectivity index (χ2n) is 8.48. The van der Waals surface area contributed by atoms with Gasteiger partial charge in [-0.15, -0.1) is 0 Å². The van der Waals surface area contributed by atoms with Gasteiger partial charge < -0.3 is 24.7 Å². The van der Waals surface area contributed by atoms with Crippen molar-refractivity contribution in [3.05, 3.63) is 59.6 Å². The van der Waals surface area contributed by atoms with Crippen LogP contribution >= 0.6 is 11.6 Å². The number of hydrogen-bond donors (Lipinski definition) is 4. The lowest BCUT2D eigenvalue weighted by atomic mass is 10.0. The van der Waals surface area contributed by atoms with Gasteiger partial charge in [0.15, 0.2) is 5.65 Å². The van der Waals surface area contributed by atoms with E-state index in [4.69, 9.17) is 26.2 Å². The van der Waals surface area contributed by atoms with Crippen molar-refractivity contribution < 1.29 is 28.1 Å². The highest BCUT2D eigenvalue weighted by molar-refractivity contribution is 7.89. The highest BCUT2D eigenvalue weighted by Gasteiger charge is 2.31. The molecule has 36 heavy (non-hydrogen) atoms. The number of aromatic nitrogens is 3. The molecule has 5 rings (SSSR count). The molecule has 2 aromatic carbocycles. The van der Waals surface area contributed by atoms with Crippen LogP contribution in [0.3, 0.4) is 0 Å². The maximum Gasteiger partial charge on any atom is 0.296 e. The first kappa shape index (κ1) is 24.6. The number of ether oxygens (including phenoxy) is 2. The average molecular weight is 531 g/mol. The Balaban J connectivity index is 1.35. The summed E-state index contributed by atoms with van der Waals surface area (Å²) in [5, 5.41) is 24.8. The lowest BCUT2D eigenvalue weighted by Crippen LogP contribution is -2.45. The van der Waals surface area contributed by atoms with Crippen LogP contribution in [0.1, 0.15) is 6.42 Å². The van der Waals surface area contributed by atoms with Gasteiger partial charge in [-0.2, -0.15) is 4.98 Å². The van der Waals surface area contributed by atoms with Crippen molar-refractivity contribution in [2.45, 2.75) is 29.6 Å². The Morgan fingerprint density at radius 2 is 1.72 bits per heavy atom. The zero-order valence-corrected chi connectivity index (χ0v) is 20.4. The smallest absolute Gasteiger partial charge is 0.296 e. The van der Waals surface area contributed by atoms with E-state index < -0.39 is 28.3 Å². The van der Waals surface area contributed by atoms with E-state index in [1.807, 2.05) is 24.3 Å². The van der Waals surface area contributed by atoms with Gasteiger partial charge in [-0.3, -0.25) is 0 Å². The topological polar surface area (TPSA) is 161 Å². The molecule has 0 bridgehead atoms. The van der Waals surface area contributed by atoms with Crippen LogP contribution in [0.2, 0.25) is 5.02 Å². The zero-order valence-electron chi connectivity index (χ0n) is 18.8. The Morgan fingerprint density at radius 3 is 2.33 bits per heavy atom. The van der Waals surface area contributed by atoms with Crippen LogP contribution in [0, 0.1) is 0 Å². The summed E-state index contributed by atoms with van der Waals surface area (Å²) < 4.78 is 34.2. The highest BCUT2D eigenvalue weighted by Crippen LogP contribution is 2.31. The minimum atomic E-state index is -3.75. The van der Waals surface area contributed by atoms with Crippen LogP contribution in [0.25, 0.3) is 33.5 Å². The number of benzene rings is 2. The summed E-state index contributed by atoms with van der Waals surface area (Å²) in [6.45, 7) is -0.0362. The van der Waals surface area contributed by atoms with Gasteiger partial charge in [0.25, 0.3) is 6.01 Å². The summed E-state index contributed by atoms with van der Waals surface area (Å²) in [7, 11) is -3.75. The SMILES string of the molecule is NS(=O)(=O)c1ccc(-c2ccc(-c3nc4nc(O[C@H]5CO[C@H](CO)[C@@H](O)C5)[nH]c4cc3Cl)cc2)cc1. The molecule has 1 aliphatic heterocycles. The molecule has 12 heteroatoms. The maximum absolute atomic E-state index is 11.5. The number of nitrogens with one attached hydrogen (secondary N) is 1. The molecule has 0 saturated carbocycles. The number of aromatic amines is 1. The van der Waals surface area contributed by atoms with E-state index in [1.54, 1.807) is 18.2 Å². The quantitative estimate of drug-likeness (QED) is 0.295. The van der Waals surface area contributed by atoms with Gasteiger partial charge in [0.05, 0.1) is 40.4 Å². The fourth-order valence-electron chi connectivity index (χ4n) is 4.06. The summed E-state index contributed by atoms with van der Waals surface area (Å²) in [6, 6.07) is 15.8. The minimum absolute atomic E-state index is 0.0519. The van der Waals surface area contributed by atoms with Crippen molar-refractivity contribution in [3.8, 4) is 28.4 Å². The molecule has 0 radical (unpaired) electrons. The second-order valence-corrected chi connectivity index (χ2v) is 10.4. The van der Waals surface area contributed by atoms with Crippen LogP contribution in [-0.2, 0) is 14.8 Å². The molecule has 188 valence electrons. The lowest BCUT2D eigenvalue weighted by molar-refractivity contribution is -0.131. The van der Waals surface area contributed by atoms with Crippen LogP contribution < -0.4 is 9.88 Å². The fraction of sp³-hybridized carbons (Fsp3) is 0.250. The van der Waals surface area contributed by atoms with E-state index in [2.05, 4.69) is 15.0 Å². The van der Waals surface area contributed by atoms with Crippen molar-refractivity contribution in [1.29, 1.82) is 0 Å². The van der Waals surface area contributed by atoms with Gasteiger partial charge in [-0.25, -0.2) is 18.5 Å². The van der Waals surface area contributed by atoms with E-state index in [9.17, 15) is 18.6 Å². The first-order chi connectivity index (χ1) is 17.2. The molecular formula is C24H23ClN4O6S. The Kier molecular flexibility index (Phi) is 6.68. The summed E-state index contributed by atoms with van der Waals surface area (Å²) in [6.07, 6.45) is -1.56. The van der Waals surface area contributed by atoms with Gasteiger partial charge in [0, 0.05) is 12.0 Å². The number of aliphatic hydroxyl groups excluding tert-OH is 2. The number of aliphatic hydroxyl groups is 2. The number of imidazole rings is 1. The molecular weight excluding hydrogens is 508 g/mol. The molecule has 4 aromatic rings. The van der Waals surface area contributed by atoms with Crippen molar-refractivity contribution >= 4 is 32.8 Å². The van der Waals surface area contributed by atoms with Gasteiger partial charge in [-0.05, 0) is 29.3 Å². The molecule has 0 amide bonds. The number of rotatable bonds is 6. The molecule has 1 aliphatic rings. The first-order valence-corrected chi connectivity index (χ1v) is 13.0. The van der Waals surface area contributed by atoms with Gasteiger partial charge >= 0.3 is 0 Å².